The molecule has 0 aliphatic carbocycles. The second-order valence-corrected chi connectivity index (χ2v) is 6.20. The Balaban J connectivity index is 1.61. The quantitative estimate of drug-likeness (QED) is 0.602. The van der Waals surface area contributed by atoms with Gasteiger partial charge in [0, 0.05) is 5.39 Å². The summed E-state index contributed by atoms with van der Waals surface area (Å²) in [6, 6.07) is 14.1. The van der Waals surface area contributed by atoms with E-state index in [4.69, 9.17) is 19.2 Å². The van der Waals surface area contributed by atoms with Crippen molar-refractivity contribution in [1.82, 2.24) is 5.32 Å². The number of aliphatic carboxylic acids is 1. The van der Waals surface area contributed by atoms with Crippen LogP contribution in [0.5, 0.6) is 5.75 Å². The van der Waals surface area contributed by atoms with Gasteiger partial charge in [-0.3, -0.25) is 4.79 Å². The Morgan fingerprint density at radius 2 is 1.97 bits per heavy atom. The number of methoxy groups -OCH3 is 1. The first-order chi connectivity index (χ1) is 14.0. The Kier molecular flexibility index (Phi) is 6.12. The monoisotopic (exact) mass is 394 g/mol. The van der Waals surface area contributed by atoms with Crippen LogP contribution >= 0.6 is 0 Å². The first-order valence-electron chi connectivity index (χ1n) is 8.68. The van der Waals surface area contributed by atoms with Crippen LogP contribution in [-0.2, 0) is 16.1 Å². The van der Waals surface area contributed by atoms with Crippen molar-refractivity contribution < 1.29 is 28.6 Å². The van der Waals surface area contributed by atoms with Crippen LogP contribution in [0.2, 0.25) is 0 Å². The molecule has 3 rings (SSSR count). The number of benzene rings is 2. The van der Waals surface area contributed by atoms with Gasteiger partial charge < -0.3 is 24.3 Å². The molecule has 0 spiro atoms. The highest BCUT2D eigenvalue weighted by molar-refractivity contribution is 5.98. The maximum Gasteiger partial charge on any atom is 0.328 e. The van der Waals surface area contributed by atoms with Crippen molar-refractivity contribution in [2.45, 2.75) is 12.6 Å². The van der Waals surface area contributed by atoms with Crippen LogP contribution in [0, 0.1) is 11.3 Å². The summed E-state index contributed by atoms with van der Waals surface area (Å²) in [4.78, 5) is 23.9. The largest absolute Gasteiger partial charge is 0.497 e. The zero-order chi connectivity index (χ0) is 20.8. The van der Waals surface area contributed by atoms with E-state index in [-0.39, 0.29) is 19.0 Å². The number of hydrogen-bond donors (Lipinski definition) is 2. The van der Waals surface area contributed by atoms with Crippen molar-refractivity contribution >= 4 is 22.8 Å². The third-order valence-electron chi connectivity index (χ3n) is 4.19. The summed E-state index contributed by atoms with van der Waals surface area (Å²) < 4.78 is 16.0. The minimum absolute atomic E-state index is 0.00778. The Morgan fingerprint density at radius 1 is 1.21 bits per heavy atom. The van der Waals surface area contributed by atoms with E-state index in [0.717, 1.165) is 5.56 Å². The third kappa shape index (κ3) is 4.91. The summed E-state index contributed by atoms with van der Waals surface area (Å²) in [7, 11) is 1.53. The Morgan fingerprint density at radius 3 is 2.62 bits per heavy atom. The molecule has 1 atom stereocenters. The molecule has 1 heterocycles. The number of furan rings is 1. The molecule has 0 saturated carbocycles. The summed E-state index contributed by atoms with van der Waals surface area (Å²) in [5.74, 6) is -1.28. The number of carbonyl (C=O) groups is 2. The van der Waals surface area contributed by atoms with E-state index >= 15 is 0 Å². The molecule has 0 fully saturated rings. The second kappa shape index (κ2) is 8.91. The summed E-state index contributed by atoms with van der Waals surface area (Å²) in [5.41, 5.74) is 1.79. The molecule has 1 unspecified atom stereocenters. The predicted molar refractivity (Wildman–Crippen MR) is 102 cm³/mol. The highest BCUT2D eigenvalue weighted by Crippen LogP contribution is 2.24. The van der Waals surface area contributed by atoms with Crippen LogP contribution in [0.15, 0.2) is 52.9 Å². The zero-order valence-electron chi connectivity index (χ0n) is 15.5. The molecule has 8 nitrogen and oxygen atoms in total. The molecule has 1 aromatic heterocycles. The van der Waals surface area contributed by atoms with Crippen LogP contribution in [0.25, 0.3) is 11.0 Å². The summed E-state index contributed by atoms with van der Waals surface area (Å²) in [6.45, 7) is -0.0785. The van der Waals surface area contributed by atoms with Crippen LogP contribution < -0.4 is 10.1 Å². The molecular formula is C21H18N2O6. The second-order valence-electron chi connectivity index (χ2n) is 6.20. The van der Waals surface area contributed by atoms with E-state index in [1.165, 1.54) is 13.2 Å². The van der Waals surface area contributed by atoms with Crippen molar-refractivity contribution in [3.63, 3.8) is 0 Å². The van der Waals surface area contributed by atoms with Gasteiger partial charge in [0.15, 0.2) is 11.8 Å². The molecule has 2 N–H and O–H groups in total. The average Bonchev–Trinajstić information content (AvgIpc) is 3.16. The molecule has 2 aromatic carbocycles. The van der Waals surface area contributed by atoms with E-state index in [9.17, 15) is 14.7 Å². The van der Waals surface area contributed by atoms with Gasteiger partial charge in [-0.15, -0.1) is 0 Å². The molecule has 148 valence electrons. The molecule has 3 aromatic rings. The van der Waals surface area contributed by atoms with E-state index in [1.54, 1.807) is 42.5 Å². The average molecular weight is 394 g/mol. The Bertz CT molecular complexity index is 1060. The number of fused-ring (bicyclic) bond motifs is 1. The number of carbonyl (C=O) groups excluding carboxylic acids is 1. The van der Waals surface area contributed by atoms with Crippen molar-refractivity contribution in [2.75, 3.05) is 13.7 Å². The van der Waals surface area contributed by atoms with Crippen molar-refractivity contribution in [2.24, 2.45) is 0 Å². The van der Waals surface area contributed by atoms with E-state index in [1.807, 2.05) is 6.07 Å². The summed E-state index contributed by atoms with van der Waals surface area (Å²) in [5, 5.41) is 21.2. The van der Waals surface area contributed by atoms with Gasteiger partial charge in [0.05, 0.1) is 32.0 Å². The number of hydrogen-bond acceptors (Lipinski definition) is 6. The van der Waals surface area contributed by atoms with E-state index < -0.39 is 17.9 Å². The number of nitrogens with zero attached hydrogens (tertiary/aromatic N) is 1. The molecule has 29 heavy (non-hydrogen) atoms. The standard InChI is InChI=1S/C21H18N2O6/c1-27-16-6-7-18-15(8-16)9-19(29-18)20(24)23-17(21(25)26)12-28-11-14-4-2-13(10-22)3-5-14/h2-9,17H,11-12H2,1H3,(H,23,24)(H,25,26). The summed E-state index contributed by atoms with van der Waals surface area (Å²) >= 11 is 0. The van der Waals surface area contributed by atoms with E-state index in [0.29, 0.717) is 22.3 Å². The van der Waals surface area contributed by atoms with E-state index in [2.05, 4.69) is 5.32 Å². The highest BCUT2D eigenvalue weighted by Gasteiger charge is 2.23. The molecule has 0 aliphatic rings. The molecule has 0 saturated heterocycles. The molecule has 1 amide bonds. The number of carboxylic acids is 1. The maximum atomic E-state index is 12.4. The number of nitrogens with one attached hydrogen (secondary N) is 1. The summed E-state index contributed by atoms with van der Waals surface area (Å²) in [6.07, 6.45) is 0. The normalized spacial score (nSPS) is 11.6. The first-order valence-corrected chi connectivity index (χ1v) is 8.68. The van der Waals surface area contributed by atoms with Crippen LogP contribution in [-0.4, -0.2) is 36.7 Å². The molecular weight excluding hydrogens is 376 g/mol. The maximum absolute atomic E-state index is 12.4. The lowest BCUT2D eigenvalue weighted by Crippen LogP contribution is -2.43. The number of ether oxygens (including phenoxy) is 2. The number of rotatable bonds is 8. The lowest BCUT2D eigenvalue weighted by atomic mass is 10.1. The number of amides is 1. The molecule has 0 aliphatic heterocycles. The number of nitriles is 1. The Labute approximate surface area is 166 Å². The van der Waals surface area contributed by atoms with Gasteiger partial charge in [0.25, 0.3) is 5.91 Å². The SMILES string of the molecule is COc1ccc2oc(C(=O)NC(COCc3ccc(C#N)cc3)C(=O)O)cc2c1. The number of carboxylic acid groups (broad SMARTS) is 1. The minimum atomic E-state index is -1.25. The highest BCUT2D eigenvalue weighted by atomic mass is 16.5. The fraction of sp³-hybridized carbons (Fsp3) is 0.190. The van der Waals surface area contributed by atoms with Gasteiger partial charge in [0.1, 0.15) is 11.3 Å². The van der Waals surface area contributed by atoms with Crippen LogP contribution in [0.1, 0.15) is 21.7 Å². The van der Waals surface area contributed by atoms with Crippen LogP contribution in [0.3, 0.4) is 0 Å². The van der Waals surface area contributed by atoms with Gasteiger partial charge in [-0.2, -0.15) is 5.26 Å². The topological polar surface area (TPSA) is 122 Å². The fourth-order valence-corrected chi connectivity index (χ4v) is 2.63. The van der Waals surface area contributed by atoms with Gasteiger partial charge in [-0.05, 0) is 42.0 Å². The third-order valence-corrected chi connectivity index (χ3v) is 4.19. The van der Waals surface area contributed by atoms with Crippen molar-refractivity contribution in [3.8, 4) is 11.8 Å². The smallest absolute Gasteiger partial charge is 0.328 e. The fourth-order valence-electron chi connectivity index (χ4n) is 2.63. The van der Waals surface area contributed by atoms with Crippen molar-refractivity contribution in [1.29, 1.82) is 5.26 Å². The molecule has 0 radical (unpaired) electrons. The van der Waals surface area contributed by atoms with Crippen molar-refractivity contribution in [3.05, 3.63) is 65.4 Å². The lowest BCUT2D eigenvalue weighted by molar-refractivity contribution is -0.141. The lowest BCUT2D eigenvalue weighted by Gasteiger charge is -2.14. The zero-order valence-corrected chi connectivity index (χ0v) is 15.5. The molecule has 8 heteroatoms. The first kappa shape index (κ1) is 19.9. The molecule has 0 bridgehead atoms. The van der Waals surface area contributed by atoms with Crippen LogP contribution in [0.4, 0.5) is 0 Å². The van der Waals surface area contributed by atoms with Gasteiger partial charge in [-0.25, -0.2) is 4.79 Å². The Hall–Kier alpha value is -3.83. The van der Waals surface area contributed by atoms with Gasteiger partial charge >= 0.3 is 5.97 Å². The minimum Gasteiger partial charge on any atom is -0.497 e. The van der Waals surface area contributed by atoms with Gasteiger partial charge in [0.2, 0.25) is 0 Å². The predicted octanol–water partition coefficient (Wildman–Crippen LogP) is 2.71. The van der Waals surface area contributed by atoms with Gasteiger partial charge in [-0.1, -0.05) is 12.1 Å².